The van der Waals surface area contributed by atoms with Crippen molar-refractivity contribution in [2.75, 3.05) is 27.4 Å². The number of nitrogens with one attached hydrogen (secondary N) is 2. The van der Waals surface area contributed by atoms with Gasteiger partial charge >= 0.3 is 0 Å². The van der Waals surface area contributed by atoms with Crippen LogP contribution in [-0.4, -0.2) is 47.7 Å². The van der Waals surface area contributed by atoms with Crippen molar-refractivity contribution in [2.45, 2.75) is 44.0 Å². The summed E-state index contributed by atoms with van der Waals surface area (Å²) in [6.07, 6.45) is 0.659. The molecule has 0 radical (unpaired) electrons. The number of hydrogen-bond acceptors (Lipinski definition) is 5. The Labute approximate surface area is 150 Å². The van der Waals surface area contributed by atoms with Gasteiger partial charge < -0.3 is 14.8 Å². The van der Waals surface area contributed by atoms with E-state index in [9.17, 15) is 13.2 Å². The van der Waals surface area contributed by atoms with Crippen molar-refractivity contribution in [1.29, 1.82) is 0 Å². The van der Waals surface area contributed by atoms with Crippen molar-refractivity contribution in [2.24, 2.45) is 0 Å². The Hall–Kier alpha value is -1.64. The van der Waals surface area contributed by atoms with E-state index in [1.165, 1.54) is 14.0 Å². The number of amides is 1. The normalized spacial score (nSPS) is 12.9. The fourth-order valence-electron chi connectivity index (χ4n) is 2.19. The van der Waals surface area contributed by atoms with Crippen LogP contribution in [0.3, 0.4) is 0 Å². The van der Waals surface area contributed by atoms with Crippen LogP contribution in [0.15, 0.2) is 23.1 Å². The van der Waals surface area contributed by atoms with Crippen molar-refractivity contribution in [1.82, 2.24) is 10.0 Å². The van der Waals surface area contributed by atoms with Crippen molar-refractivity contribution >= 4 is 15.9 Å². The van der Waals surface area contributed by atoms with E-state index >= 15 is 0 Å². The molecule has 1 amide bonds. The highest BCUT2D eigenvalue weighted by atomic mass is 32.2. The summed E-state index contributed by atoms with van der Waals surface area (Å²) >= 11 is 0. The first kappa shape index (κ1) is 21.4. The lowest BCUT2D eigenvalue weighted by atomic mass is 10.0. The summed E-state index contributed by atoms with van der Waals surface area (Å²) in [4.78, 5) is 12.1. The SMILES string of the molecule is COCCCNC(=O)C(C)NS(=O)(=O)c1cc(C(C)C)ccc1OC. The van der Waals surface area contributed by atoms with Gasteiger partial charge in [-0.15, -0.1) is 0 Å². The molecule has 142 valence electrons. The summed E-state index contributed by atoms with van der Waals surface area (Å²) in [7, 11) is -0.906. The van der Waals surface area contributed by atoms with E-state index in [4.69, 9.17) is 9.47 Å². The number of ether oxygens (including phenoxy) is 2. The lowest BCUT2D eigenvalue weighted by molar-refractivity contribution is -0.122. The molecule has 0 spiro atoms. The van der Waals surface area contributed by atoms with Crippen molar-refractivity contribution in [3.05, 3.63) is 23.8 Å². The van der Waals surface area contributed by atoms with E-state index in [0.29, 0.717) is 19.6 Å². The van der Waals surface area contributed by atoms with Gasteiger partial charge in [0.2, 0.25) is 15.9 Å². The van der Waals surface area contributed by atoms with Gasteiger partial charge in [-0.25, -0.2) is 8.42 Å². The number of methoxy groups -OCH3 is 2. The molecule has 0 aliphatic carbocycles. The van der Waals surface area contributed by atoms with E-state index in [1.807, 2.05) is 19.9 Å². The minimum absolute atomic E-state index is 0.0280. The molecular formula is C17H28N2O5S. The van der Waals surface area contributed by atoms with Crippen LogP contribution in [0, 0.1) is 0 Å². The van der Waals surface area contributed by atoms with Crippen LogP contribution in [-0.2, 0) is 19.6 Å². The molecule has 1 atom stereocenters. The average Bonchev–Trinajstić information content (AvgIpc) is 2.57. The molecule has 2 N–H and O–H groups in total. The molecule has 0 heterocycles. The van der Waals surface area contributed by atoms with Gasteiger partial charge in [0.15, 0.2) is 0 Å². The standard InChI is InChI=1S/C17H28N2O5S/c1-12(2)14-7-8-15(24-5)16(11-14)25(21,22)19-13(3)17(20)18-9-6-10-23-4/h7-8,11-13,19H,6,9-10H2,1-5H3,(H,18,20). The Morgan fingerprint density at radius 2 is 1.88 bits per heavy atom. The Bertz CT molecular complexity index is 674. The maximum absolute atomic E-state index is 12.7. The molecule has 0 aliphatic rings. The van der Waals surface area contributed by atoms with Crippen LogP contribution >= 0.6 is 0 Å². The predicted molar refractivity (Wildman–Crippen MR) is 96.4 cm³/mol. The number of carbonyl (C=O) groups excluding carboxylic acids is 1. The summed E-state index contributed by atoms with van der Waals surface area (Å²) in [6.45, 7) is 6.40. The minimum atomic E-state index is -3.90. The van der Waals surface area contributed by atoms with Gasteiger partial charge in [-0.1, -0.05) is 19.9 Å². The Balaban J connectivity index is 2.90. The molecule has 1 rings (SSSR count). The molecule has 0 saturated heterocycles. The number of rotatable bonds is 10. The molecule has 1 unspecified atom stereocenters. The minimum Gasteiger partial charge on any atom is -0.495 e. The first-order valence-corrected chi connectivity index (χ1v) is 9.68. The summed E-state index contributed by atoms with van der Waals surface area (Å²) in [5.74, 6) is 0.0182. The van der Waals surface area contributed by atoms with Crippen molar-refractivity contribution < 1.29 is 22.7 Å². The third kappa shape index (κ3) is 6.30. The van der Waals surface area contributed by atoms with Crippen LogP contribution in [0.1, 0.15) is 38.7 Å². The lowest BCUT2D eigenvalue weighted by Gasteiger charge is -2.17. The number of benzene rings is 1. The number of carbonyl (C=O) groups is 1. The first-order chi connectivity index (χ1) is 11.7. The van der Waals surface area contributed by atoms with Gasteiger partial charge in [0.1, 0.15) is 10.6 Å². The monoisotopic (exact) mass is 372 g/mol. The molecule has 8 heteroatoms. The maximum atomic E-state index is 12.7. The zero-order chi connectivity index (χ0) is 19.0. The molecule has 25 heavy (non-hydrogen) atoms. The molecule has 1 aromatic rings. The Kier molecular flexibility index (Phi) is 8.34. The molecule has 0 fully saturated rings. The van der Waals surface area contributed by atoms with Gasteiger partial charge in [-0.05, 0) is 37.0 Å². The predicted octanol–water partition coefficient (Wildman–Crippen LogP) is 1.64. The van der Waals surface area contributed by atoms with Gasteiger partial charge in [0.05, 0.1) is 13.2 Å². The molecule has 7 nitrogen and oxygen atoms in total. The quantitative estimate of drug-likeness (QED) is 0.609. The highest BCUT2D eigenvalue weighted by molar-refractivity contribution is 7.89. The van der Waals surface area contributed by atoms with Crippen LogP contribution < -0.4 is 14.8 Å². The average molecular weight is 372 g/mol. The topological polar surface area (TPSA) is 93.7 Å². The smallest absolute Gasteiger partial charge is 0.244 e. The van der Waals surface area contributed by atoms with Crippen LogP contribution in [0.5, 0.6) is 5.75 Å². The number of hydrogen-bond donors (Lipinski definition) is 2. The van der Waals surface area contributed by atoms with Crippen LogP contribution in [0.4, 0.5) is 0 Å². The summed E-state index contributed by atoms with van der Waals surface area (Å²) in [6, 6.07) is 4.13. The van der Waals surface area contributed by atoms with E-state index in [2.05, 4.69) is 10.0 Å². The third-order valence-corrected chi connectivity index (χ3v) is 5.26. The molecule has 0 aliphatic heterocycles. The molecular weight excluding hydrogens is 344 g/mol. The van der Waals surface area contributed by atoms with Crippen LogP contribution in [0.25, 0.3) is 0 Å². The highest BCUT2D eigenvalue weighted by Gasteiger charge is 2.25. The van der Waals surface area contributed by atoms with E-state index in [0.717, 1.165) is 5.56 Å². The molecule has 0 bridgehead atoms. The molecule has 1 aromatic carbocycles. The summed E-state index contributed by atoms with van der Waals surface area (Å²) in [5.41, 5.74) is 0.873. The lowest BCUT2D eigenvalue weighted by Crippen LogP contribution is -2.45. The first-order valence-electron chi connectivity index (χ1n) is 8.19. The van der Waals surface area contributed by atoms with Gasteiger partial charge in [0.25, 0.3) is 0 Å². The zero-order valence-electron chi connectivity index (χ0n) is 15.5. The third-order valence-electron chi connectivity index (χ3n) is 3.69. The fraction of sp³-hybridized carbons (Fsp3) is 0.588. The summed E-state index contributed by atoms with van der Waals surface area (Å²) in [5, 5.41) is 2.67. The van der Waals surface area contributed by atoms with Crippen LogP contribution in [0.2, 0.25) is 0 Å². The van der Waals surface area contributed by atoms with E-state index in [1.54, 1.807) is 19.2 Å². The van der Waals surface area contributed by atoms with E-state index in [-0.39, 0.29) is 16.6 Å². The van der Waals surface area contributed by atoms with Crippen molar-refractivity contribution in [3.8, 4) is 5.75 Å². The van der Waals surface area contributed by atoms with Gasteiger partial charge in [0, 0.05) is 20.3 Å². The maximum Gasteiger partial charge on any atom is 0.244 e. The Morgan fingerprint density at radius 3 is 2.44 bits per heavy atom. The highest BCUT2D eigenvalue weighted by Crippen LogP contribution is 2.28. The number of sulfonamides is 1. The zero-order valence-corrected chi connectivity index (χ0v) is 16.3. The molecule has 0 aromatic heterocycles. The fourth-order valence-corrected chi connectivity index (χ4v) is 3.60. The Morgan fingerprint density at radius 1 is 1.20 bits per heavy atom. The second-order valence-electron chi connectivity index (χ2n) is 6.05. The second kappa shape index (κ2) is 9.74. The molecule has 0 saturated carbocycles. The van der Waals surface area contributed by atoms with Gasteiger partial charge in [-0.3, -0.25) is 4.79 Å². The van der Waals surface area contributed by atoms with Gasteiger partial charge in [-0.2, -0.15) is 4.72 Å². The van der Waals surface area contributed by atoms with E-state index < -0.39 is 22.0 Å². The summed E-state index contributed by atoms with van der Waals surface area (Å²) < 4.78 is 37.8. The van der Waals surface area contributed by atoms with Crippen molar-refractivity contribution in [3.63, 3.8) is 0 Å². The largest absolute Gasteiger partial charge is 0.495 e. The second-order valence-corrected chi connectivity index (χ2v) is 7.73.